The number of nitrogens with zero attached hydrogens (tertiary/aromatic N) is 2. The Morgan fingerprint density at radius 2 is 1.91 bits per heavy atom. The zero-order valence-electron chi connectivity index (χ0n) is 20.3. The SMILES string of the molecule is CCC(CC)NC(=O)CN(CCC1=CCCCC1)c1c(N)n(Cc2ccccc2)c(=O)[nH]c1=O. The molecule has 1 aliphatic rings. The standard InChI is InChI=1S/C26H37N5O3/c1-3-21(4-2)28-22(32)18-30(16-15-19-11-7-5-8-12-19)23-24(27)31(26(34)29-25(23)33)17-20-13-9-6-10-14-20/h6,9-11,13-14,21H,3-5,7-8,12,15-18,27H2,1-2H3,(H,28,32)(H,29,33,34). The second kappa shape index (κ2) is 12.3. The number of nitrogens with two attached hydrogens (primary N) is 1. The lowest BCUT2D eigenvalue weighted by atomic mass is 9.97. The summed E-state index contributed by atoms with van der Waals surface area (Å²) in [5, 5.41) is 3.04. The van der Waals surface area contributed by atoms with E-state index in [9.17, 15) is 14.4 Å². The number of aromatic nitrogens is 2. The molecule has 0 bridgehead atoms. The van der Waals surface area contributed by atoms with E-state index >= 15 is 0 Å². The Morgan fingerprint density at radius 1 is 1.18 bits per heavy atom. The summed E-state index contributed by atoms with van der Waals surface area (Å²) in [5.74, 6) is -0.0866. The van der Waals surface area contributed by atoms with E-state index in [-0.39, 0.29) is 36.5 Å². The number of nitrogen functional groups attached to an aromatic ring is 1. The van der Waals surface area contributed by atoms with Crippen LogP contribution < -0.4 is 27.2 Å². The van der Waals surface area contributed by atoms with E-state index in [1.165, 1.54) is 16.6 Å². The summed E-state index contributed by atoms with van der Waals surface area (Å²) < 4.78 is 1.36. The topological polar surface area (TPSA) is 113 Å². The van der Waals surface area contributed by atoms with Crippen LogP contribution >= 0.6 is 0 Å². The number of allylic oxidation sites excluding steroid dienone is 1. The van der Waals surface area contributed by atoms with Crippen molar-refractivity contribution in [2.45, 2.75) is 71.4 Å². The van der Waals surface area contributed by atoms with Gasteiger partial charge in [0.2, 0.25) is 5.91 Å². The molecule has 0 radical (unpaired) electrons. The molecule has 1 aromatic heterocycles. The van der Waals surface area contributed by atoms with Gasteiger partial charge in [-0.05, 0) is 50.5 Å². The third-order valence-electron chi connectivity index (χ3n) is 6.49. The van der Waals surface area contributed by atoms with Crippen molar-refractivity contribution in [2.75, 3.05) is 23.7 Å². The van der Waals surface area contributed by atoms with Crippen molar-refractivity contribution in [3.05, 3.63) is 68.4 Å². The Balaban J connectivity index is 1.93. The molecule has 1 amide bonds. The number of hydrogen-bond donors (Lipinski definition) is 3. The summed E-state index contributed by atoms with van der Waals surface area (Å²) >= 11 is 0. The van der Waals surface area contributed by atoms with Crippen LogP contribution in [0.5, 0.6) is 0 Å². The summed E-state index contributed by atoms with van der Waals surface area (Å²) in [6, 6.07) is 9.54. The smallest absolute Gasteiger partial charge is 0.330 e. The number of anilines is 2. The number of amides is 1. The minimum absolute atomic E-state index is 0.000596. The van der Waals surface area contributed by atoms with Crippen LogP contribution in [0, 0.1) is 0 Å². The van der Waals surface area contributed by atoms with Gasteiger partial charge in [0.05, 0.1) is 13.1 Å². The Kier molecular flexibility index (Phi) is 9.13. The van der Waals surface area contributed by atoms with Crippen LogP contribution in [-0.4, -0.2) is 34.6 Å². The van der Waals surface area contributed by atoms with Crippen molar-refractivity contribution in [3.8, 4) is 0 Å². The molecule has 0 aliphatic heterocycles. The third kappa shape index (κ3) is 6.62. The van der Waals surface area contributed by atoms with Gasteiger partial charge in [-0.1, -0.05) is 55.8 Å². The first-order valence-corrected chi connectivity index (χ1v) is 12.3. The molecule has 0 unspecified atom stereocenters. The first kappa shape index (κ1) is 25.3. The second-order valence-electron chi connectivity index (χ2n) is 8.93. The molecular formula is C26H37N5O3. The number of H-pyrrole nitrogens is 1. The summed E-state index contributed by atoms with van der Waals surface area (Å²) in [6.07, 6.45) is 9.13. The first-order chi connectivity index (χ1) is 16.4. The summed E-state index contributed by atoms with van der Waals surface area (Å²) in [4.78, 5) is 42.6. The molecule has 8 nitrogen and oxygen atoms in total. The van der Waals surface area contributed by atoms with E-state index in [2.05, 4.69) is 16.4 Å². The van der Waals surface area contributed by atoms with Gasteiger partial charge in [0.15, 0.2) is 0 Å². The molecule has 4 N–H and O–H groups in total. The lowest BCUT2D eigenvalue weighted by Gasteiger charge is -2.27. The number of hydrogen-bond acceptors (Lipinski definition) is 5. The maximum Gasteiger partial charge on any atom is 0.330 e. The quantitative estimate of drug-likeness (QED) is 0.439. The van der Waals surface area contributed by atoms with E-state index in [0.717, 1.165) is 44.1 Å². The van der Waals surface area contributed by atoms with Crippen LogP contribution in [0.15, 0.2) is 51.6 Å². The average molecular weight is 468 g/mol. The molecule has 0 saturated heterocycles. The fourth-order valence-corrected chi connectivity index (χ4v) is 4.43. The minimum atomic E-state index is -0.570. The minimum Gasteiger partial charge on any atom is -0.383 e. The zero-order valence-corrected chi connectivity index (χ0v) is 20.3. The number of rotatable bonds is 11. The van der Waals surface area contributed by atoms with E-state index in [1.54, 1.807) is 4.90 Å². The molecule has 1 heterocycles. The van der Waals surface area contributed by atoms with E-state index in [0.29, 0.717) is 6.54 Å². The number of carbonyl (C=O) groups excluding carboxylic acids is 1. The highest BCUT2D eigenvalue weighted by atomic mass is 16.2. The first-order valence-electron chi connectivity index (χ1n) is 12.3. The highest BCUT2D eigenvalue weighted by Gasteiger charge is 2.22. The average Bonchev–Trinajstić information content (AvgIpc) is 2.84. The summed E-state index contributed by atoms with van der Waals surface area (Å²) in [6.45, 7) is 4.77. The summed E-state index contributed by atoms with van der Waals surface area (Å²) in [7, 11) is 0. The van der Waals surface area contributed by atoms with Gasteiger partial charge in [-0.15, -0.1) is 0 Å². The zero-order chi connectivity index (χ0) is 24.5. The van der Waals surface area contributed by atoms with Gasteiger partial charge in [0.25, 0.3) is 5.56 Å². The predicted octanol–water partition coefficient (Wildman–Crippen LogP) is 3.17. The Labute approximate surface area is 200 Å². The van der Waals surface area contributed by atoms with Crippen LogP contribution in [0.3, 0.4) is 0 Å². The van der Waals surface area contributed by atoms with E-state index < -0.39 is 11.2 Å². The van der Waals surface area contributed by atoms with Gasteiger partial charge < -0.3 is 16.0 Å². The molecule has 34 heavy (non-hydrogen) atoms. The van der Waals surface area contributed by atoms with E-state index in [1.807, 2.05) is 44.2 Å². The molecule has 3 rings (SSSR count). The summed E-state index contributed by atoms with van der Waals surface area (Å²) in [5.41, 5.74) is 7.69. The molecule has 0 fully saturated rings. The van der Waals surface area contributed by atoms with Gasteiger partial charge in [0.1, 0.15) is 11.5 Å². The predicted molar refractivity (Wildman–Crippen MR) is 137 cm³/mol. The molecule has 8 heteroatoms. The van der Waals surface area contributed by atoms with Crippen molar-refractivity contribution >= 4 is 17.4 Å². The van der Waals surface area contributed by atoms with E-state index in [4.69, 9.17) is 5.73 Å². The maximum absolute atomic E-state index is 12.9. The maximum atomic E-state index is 12.9. The highest BCUT2D eigenvalue weighted by Crippen LogP contribution is 2.23. The molecule has 0 spiro atoms. The number of aromatic amines is 1. The molecule has 184 valence electrons. The number of carbonyl (C=O) groups is 1. The molecule has 1 aromatic carbocycles. The molecular weight excluding hydrogens is 430 g/mol. The van der Waals surface area contributed by atoms with Crippen LogP contribution in [0.2, 0.25) is 0 Å². The largest absolute Gasteiger partial charge is 0.383 e. The van der Waals surface area contributed by atoms with Crippen LogP contribution in [-0.2, 0) is 11.3 Å². The van der Waals surface area contributed by atoms with Crippen molar-refractivity contribution in [1.82, 2.24) is 14.9 Å². The number of benzene rings is 1. The fraction of sp³-hybridized carbons (Fsp3) is 0.500. The second-order valence-corrected chi connectivity index (χ2v) is 8.93. The van der Waals surface area contributed by atoms with Gasteiger partial charge in [-0.2, -0.15) is 0 Å². The molecule has 2 aromatic rings. The number of nitrogens with one attached hydrogen (secondary N) is 2. The Morgan fingerprint density at radius 3 is 2.56 bits per heavy atom. The highest BCUT2D eigenvalue weighted by molar-refractivity contribution is 5.82. The Bertz CT molecular complexity index is 1100. The van der Waals surface area contributed by atoms with Gasteiger partial charge in [-0.3, -0.25) is 19.1 Å². The van der Waals surface area contributed by atoms with Crippen LogP contribution in [0.1, 0.15) is 64.4 Å². The van der Waals surface area contributed by atoms with Crippen LogP contribution in [0.4, 0.5) is 11.5 Å². The molecule has 1 aliphatic carbocycles. The van der Waals surface area contributed by atoms with Gasteiger partial charge in [-0.25, -0.2) is 4.79 Å². The monoisotopic (exact) mass is 467 g/mol. The van der Waals surface area contributed by atoms with Crippen LogP contribution in [0.25, 0.3) is 0 Å². The van der Waals surface area contributed by atoms with Crippen molar-refractivity contribution < 1.29 is 4.79 Å². The Hall–Kier alpha value is -3.29. The lowest BCUT2D eigenvalue weighted by Crippen LogP contribution is -2.45. The molecule has 0 atom stereocenters. The van der Waals surface area contributed by atoms with Crippen molar-refractivity contribution in [3.63, 3.8) is 0 Å². The van der Waals surface area contributed by atoms with Gasteiger partial charge >= 0.3 is 5.69 Å². The van der Waals surface area contributed by atoms with Crippen molar-refractivity contribution in [1.29, 1.82) is 0 Å². The third-order valence-corrected chi connectivity index (χ3v) is 6.49. The molecule has 0 saturated carbocycles. The lowest BCUT2D eigenvalue weighted by molar-refractivity contribution is -0.120. The van der Waals surface area contributed by atoms with Crippen molar-refractivity contribution in [2.24, 2.45) is 0 Å². The fourth-order valence-electron chi connectivity index (χ4n) is 4.43. The van der Waals surface area contributed by atoms with Gasteiger partial charge in [0, 0.05) is 12.6 Å². The normalized spacial score (nSPS) is 13.6.